The Labute approximate surface area is 455 Å². The van der Waals surface area contributed by atoms with Gasteiger partial charge < -0.3 is 18.9 Å². The quantitative estimate of drug-likeness (QED) is 0.0211. The second-order valence-corrected chi connectivity index (χ2v) is 22.5. The third-order valence-corrected chi connectivity index (χ3v) is 13.6. The van der Waals surface area contributed by atoms with Crippen LogP contribution in [0.5, 0.6) is 0 Å². The highest BCUT2D eigenvalue weighted by Crippen LogP contribution is 2.43. The minimum Gasteiger partial charge on any atom is -0.462 e. The number of allylic oxidation sites excluding steroid dienone is 16. The summed E-state index contributed by atoms with van der Waals surface area (Å²) in [6.45, 7) is 4.24. The van der Waals surface area contributed by atoms with Crippen molar-refractivity contribution in [1.29, 1.82) is 0 Å². The first-order valence-corrected chi connectivity index (χ1v) is 31.5. The summed E-state index contributed by atoms with van der Waals surface area (Å²) in [5.41, 5.74) is 0. The minimum atomic E-state index is -4.40. The molecule has 0 heterocycles. The van der Waals surface area contributed by atoms with Gasteiger partial charge in [0.05, 0.1) is 27.7 Å². The smallest absolute Gasteiger partial charge is 0.462 e. The number of nitrogens with zero attached hydrogens (tertiary/aromatic N) is 1. The molecule has 426 valence electrons. The summed E-state index contributed by atoms with van der Waals surface area (Å²) in [4.78, 5) is 35.6. The van der Waals surface area contributed by atoms with Crippen LogP contribution in [0, 0.1) is 0 Å². The SMILES string of the molecule is CC/C=C\C/C=C\C/C=C\C/C=C\C/C=C\CCCC(=O)OC(COC(=O)CCCCCCCCCCCCCCCCCCCC/C=C\C/C=C\C/C=C\CCCCCCC)COP(=O)(O)OCC[N+](C)(C)C. The summed E-state index contributed by atoms with van der Waals surface area (Å²) >= 11 is 0. The van der Waals surface area contributed by atoms with Crippen molar-refractivity contribution in [2.45, 2.75) is 251 Å². The lowest BCUT2D eigenvalue weighted by molar-refractivity contribution is -0.870. The molecule has 0 spiro atoms. The standard InChI is InChI=1S/C64H112NO8P/c1-6-8-10-12-14-16-18-20-22-24-25-26-27-28-29-30-31-32-33-34-35-36-37-38-39-41-42-44-46-48-50-52-54-56-63(66)70-60-62(61-72-74(68,69)71-59-58-65(3,4)5)73-64(67)57-55-53-51-49-47-45-43-40-23-21-19-17-15-13-11-9-7-2/h9,11,15,17-18,20-21,23-25,27-28,43,45,49,51,62H,6-8,10,12-14,16,19,22,26,29-42,44,46-48,50,52-61H2,1-5H3/p+1/b11-9-,17-15-,20-18-,23-21-,25-24-,28-27-,45-43-,51-49-. The van der Waals surface area contributed by atoms with E-state index in [1.54, 1.807) is 0 Å². The highest BCUT2D eigenvalue weighted by molar-refractivity contribution is 7.47. The van der Waals surface area contributed by atoms with E-state index in [1.165, 1.54) is 141 Å². The fourth-order valence-corrected chi connectivity index (χ4v) is 8.74. The summed E-state index contributed by atoms with van der Waals surface area (Å²) in [7, 11) is 1.43. The van der Waals surface area contributed by atoms with E-state index in [0.29, 0.717) is 23.9 Å². The van der Waals surface area contributed by atoms with Crippen LogP contribution in [0.2, 0.25) is 0 Å². The van der Waals surface area contributed by atoms with Crippen molar-refractivity contribution in [2.75, 3.05) is 47.5 Å². The number of ether oxygens (including phenoxy) is 2. The molecular weight excluding hydrogens is 942 g/mol. The molecule has 0 aromatic heterocycles. The predicted octanol–water partition coefficient (Wildman–Crippen LogP) is 18.8. The van der Waals surface area contributed by atoms with Crippen LogP contribution in [0.1, 0.15) is 245 Å². The lowest BCUT2D eigenvalue weighted by Crippen LogP contribution is -2.37. The molecule has 2 unspecified atom stereocenters. The topological polar surface area (TPSA) is 108 Å². The molecule has 10 heteroatoms. The maximum absolute atomic E-state index is 12.8. The van der Waals surface area contributed by atoms with Crippen molar-refractivity contribution < 1.29 is 42.1 Å². The first-order chi connectivity index (χ1) is 36.0. The van der Waals surface area contributed by atoms with E-state index in [9.17, 15) is 19.0 Å². The molecule has 0 bridgehead atoms. The molecule has 0 aromatic rings. The molecule has 0 saturated heterocycles. The average molecular weight is 1060 g/mol. The molecule has 1 N–H and O–H groups in total. The number of carbonyl (C=O) groups excluding carboxylic acids is 2. The zero-order chi connectivity index (χ0) is 54.2. The first kappa shape index (κ1) is 70.9. The van der Waals surface area contributed by atoms with Gasteiger partial charge in [-0.1, -0.05) is 239 Å². The van der Waals surface area contributed by atoms with Gasteiger partial charge in [-0.3, -0.25) is 18.6 Å². The third-order valence-electron chi connectivity index (χ3n) is 12.6. The molecule has 0 aliphatic carbocycles. The lowest BCUT2D eigenvalue weighted by Gasteiger charge is -2.24. The summed E-state index contributed by atoms with van der Waals surface area (Å²) < 4.78 is 34.5. The van der Waals surface area contributed by atoms with Gasteiger partial charge in [0.1, 0.15) is 19.8 Å². The number of quaternary nitrogens is 1. The van der Waals surface area contributed by atoms with E-state index in [1.807, 2.05) is 27.2 Å². The Morgan fingerprint density at radius 1 is 0.432 bits per heavy atom. The van der Waals surface area contributed by atoms with E-state index < -0.39 is 26.5 Å². The van der Waals surface area contributed by atoms with Crippen molar-refractivity contribution in [2.24, 2.45) is 0 Å². The average Bonchev–Trinajstić information content (AvgIpc) is 3.36. The summed E-state index contributed by atoms with van der Waals surface area (Å²) in [6, 6.07) is 0. The highest BCUT2D eigenvalue weighted by atomic mass is 31.2. The molecular formula is C64H113NO8P+. The van der Waals surface area contributed by atoms with Crippen LogP contribution < -0.4 is 0 Å². The van der Waals surface area contributed by atoms with Gasteiger partial charge in [-0.2, -0.15) is 0 Å². The fraction of sp³-hybridized carbons (Fsp3) is 0.719. The van der Waals surface area contributed by atoms with Crippen molar-refractivity contribution in [3.8, 4) is 0 Å². The Balaban J connectivity index is 4.09. The molecule has 9 nitrogen and oxygen atoms in total. The maximum Gasteiger partial charge on any atom is 0.472 e. The number of likely N-dealkylation sites (N-methyl/N-ethyl adjacent to an activating group) is 1. The van der Waals surface area contributed by atoms with Gasteiger partial charge in [0.15, 0.2) is 6.10 Å². The number of rotatable bonds is 54. The number of carbonyl (C=O) groups is 2. The van der Waals surface area contributed by atoms with Crippen molar-refractivity contribution >= 4 is 19.8 Å². The Morgan fingerprint density at radius 2 is 0.784 bits per heavy atom. The van der Waals surface area contributed by atoms with Gasteiger partial charge >= 0.3 is 19.8 Å². The van der Waals surface area contributed by atoms with Gasteiger partial charge in [-0.15, -0.1) is 0 Å². The van der Waals surface area contributed by atoms with Crippen LogP contribution >= 0.6 is 7.82 Å². The minimum absolute atomic E-state index is 0.0174. The summed E-state index contributed by atoms with van der Waals surface area (Å²) in [5.74, 6) is -0.866. The van der Waals surface area contributed by atoms with Crippen molar-refractivity contribution in [1.82, 2.24) is 0 Å². The van der Waals surface area contributed by atoms with Gasteiger partial charge in [0, 0.05) is 12.8 Å². The van der Waals surface area contributed by atoms with Crippen LogP contribution in [0.25, 0.3) is 0 Å². The first-order valence-electron chi connectivity index (χ1n) is 30.0. The third kappa shape index (κ3) is 58.2. The molecule has 0 rings (SSSR count). The van der Waals surface area contributed by atoms with Gasteiger partial charge in [-0.05, 0) is 89.9 Å². The highest BCUT2D eigenvalue weighted by Gasteiger charge is 2.27. The van der Waals surface area contributed by atoms with E-state index in [2.05, 4.69) is 105 Å². The van der Waals surface area contributed by atoms with Crippen molar-refractivity contribution in [3.05, 3.63) is 97.2 Å². The summed E-state index contributed by atoms with van der Waals surface area (Å²) in [6.07, 6.45) is 75.1. The number of hydrogen-bond acceptors (Lipinski definition) is 7. The second kappa shape index (κ2) is 54.7. The Hall–Kier alpha value is -3.07. The molecule has 0 fully saturated rings. The van der Waals surface area contributed by atoms with E-state index >= 15 is 0 Å². The Morgan fingerprint density at radius 3 is 1.19 bits per heavy atom. The lowest BCUT2D eigenvalue weighted by atomic mass is 10.0. The Bertz CT molecular complexity index is 1570. The fourth-order valence-electron chi connectivity index (χ4n) is 8.00. The molecule has 2 atom stereocenters. The van der Waals surface area contributed by atoms with E-state index in [0.717, 1.165) is 64.2 Å². The Kier molecular flexibility index (Phi) is 52.4. The number of unbranched alkanes of at least 4 members (excludes halogenated alkanes) is 24. The molecule has 74 heavy (non-hydrogen) atoms. The number of phosphoric acid groups is 1. The zero-order valence-electron chi connectivity index (χ0n) is 48.3. The van der Waals surface area contributed by atoms with Crippen LogP contribution in [0.15, 0.2) is 97.2 Å². The number of hydrogen-bond donors (Lipinski definition) is 1. The maximum atomic E-state index is 12.8. The predicted molar refractivity (Wildman–Crippen MR) is 316 cm³/mol. The molecule has 0 aromatic carbocycles. The molecule has 0 saturated carbocycles. The zero-order valence-corrected chi connectivity index (χ0v) is 49.2. The van der Waals surface area contributed by atoms with Gasteiger partial charge in [-0.25, -0.2) is 4.57 Å². The van der Waals surface area contributed by atoms with Gasteiger partial charge in [0.2, 0.25) is 0 Å². The van der Waals surface area contributed by atoms with Gasteiger partial charge in [0.25, 0.3) is 0 Å². The van der Waals surface area contributed by atoms with Crippen LogP contribution in [0.3, 0.4) is 0 Å². The second-order valence-electron chi connectivity index (χ2n) is 21.0. The molecule has 0 aliphatic heterocycles. The normalized spacial score (nSPS) is 14.0. The molecule has 0 radical (unpaired) electrons. The molecule has 0 amide bonds. The van der Waals surface area contributed by atoms with E-state index in [4.69, 9.17) is 18.5 Å². The van der Waals surface area contributed by atoms with Crippen LogP contribution in [-0.2, 0) is 32.7 Å². The monoisotopic (exact) mass is 1050 g/mol. The van der Waals surface area contributed by atoms with Crippen LogP contribution in [-0.4, -0.2) is 74.9 Å². The number of phosphoric ester groups is 1. The molecule has 0 aliphatic rings. The van der Waals surface area contributed by atoms with E-state index in [-0.39, 0.29) is 32.0 Å². The van der Waals surface area contributed by atoms with Crippen molar-refractivity contribution in [3.63, 3.8) is 0 Å². The summed E-state index contributed by atoms with van der Waals surface area (Å²) in [5, 5.41) is 0. The largest absolute Gasteiger partial charge is 0.472 e. The van der Waals surface area contributed by atoms with Crippen LogP contribution in [0.4, 0.5) is 0 Å². The number of esters is 2.